The standard InChI is InChI=1S/C19H17NO/c21-19(17-12-16(17)13-6-2-1-3-7-13)15-10-11-20-18-9-5-4-8-14(15)18/h1-11,16-17,19,21H,12H2. The molecule has 1 fully saturated rings. The Kier molecular flexibility index (Phi) is 2.97. The van der Waals surface area contributed by atoms with Gasteiger partial charge in [-0.25, -0.2) is 0 Å². The number of rotatable bonds is 3. The lowest BCUT2D eigenvalue weighted by Gasteiger charge is -2.13. The predicted octanol–water partition coefficient (Wildman–Crippen LogP) is 4.07. The molecule has 1 aliphatic carbocycles. The van der Waals surface area contributed by atoms with Gasteiger partial charge in [-0.1, -0.05) is 48.5 Å². The van der Waals surface area contributed by atoms with Gasteiger partial charge in [0.15, 0.2) is 0 Å². The van der Waals surface area contributed by atoms with Crippen molar-refractivity contribution >= 4 is 10.9 Å². The van der Waals surface area contributed by atoms with Crippen LogP contribution in [0.3, 0.4) is 0 Å². The molecule has 0 saturated heterocycles. The Morgan fingerprint density at radius 2 is 1.71 bits per heavy atom. The number of hydrogen-bond donors (Lipinski definition) is 1. The summed E-state index contributed by atoms with van der Waals surface area (Å²) in [5.74, 6) is 0.798. The monoisotopic (exact) mass is 275 g/mol. The molecule has 3 atom stereocenters. The van der Waals surface area contributed by atoms with Crippen LogP contribution in [0.1, 0.15) is 29.6 Å². The predicted molar refractivity (Wildman–Crippen MR) is 84.0 cm³/mol. The third-order valence-electron chi connectivity index (χ3n) is 4.47. The second kappa shape index (κ2) is 4.97. The van der Waals surface area contributed by atoms with Gasteiger partial charge in [0, 0.05) is 11.6 Å². The second-order valence-electron chi connectivity index (χ2n) is 5.78. The largest absolute Gasteiger partial charge is 0.388 e. The summed E-state index contributed by atoms with van der Waals surface area (Å²) in [6.07, 6.45) is 2.44. The van der Waals surface area contributed by atoms with Crippen molar-refractivity contribution in [2.45, 2.75) is 18.4 Å². The Morgan fingerprint density at radius 3 is 2.57 bits per heavy atom. The summed E-state index contributed by atoms with van der Waals surface area (Å²) in [7, 11) is 0. The van der Waals surface area contributed by atoms with Crippen molar-refractivity contribution in [3.8, 4) is 0 Å². The lowest BCUT2D eigenvalue weighted by Crippen LogP contribution is -2.02. The molecule has 4 rings (SSSR count). The first-order valence-electron chi connectivity index (χ1n) is 7.41. The van der Waals surface area contributed by atoms with Crippen molar-refractivity contribution in [2.24, 2.45) is 5.92 Å². The van der Waals surface area contributed by atoms with Crippen LogP contribution in [0.4, 0.5) is 0 Å². The Hall–Kier alpha value is -2.19. The van der Waals surface area contributed by atoms with E-state index in [0.29, 0.717) is 11.8 Å². The number of hydrogen-bond acceptors (Lipinski definition) is 2. The number of aromatic nitrogens is 1. The average molecular weight is 275 g/mol. The van der Waals surface area contributed by atoms with Gasteiger partial charge in [-0.15, -0.1) is 0 Å². The highest BCUT2D eigenvalue weighted by molar-refractivity contribution is 5.82. The fraction of sp³-hybridized carbons (Fsp3) is 0.211. The van der Waals surface area contributed by atoms with Crippen molar-refractivity contribution < 1.29 is 5.11 Å². The van der Waals surface area contributed by atoms with Gasteiger partial charge >= 0.3 is 0 Å². The molecule has 0 radical (unpaired) electrons. The molecule has 3 unspecified atom stereocenters. The topological polar surface area (TPSA) is 33.1 Å². The molecule has 2 heteroatoms. The molecule has 3 aromatic rings. The summed E-state index contributed by atoms with van der Waals surface area (Å²) in [4.78, 5) is 4.37. The molecule has 0 aliphatic heterocycles. The maximum Gasteiger partial charge on any atom is 0.0831 e. The van der Waals surface area contributed by atoms with Crippen LogP contribution in [-0.2, 0) is 0 Å². The minimum absolute atomic E-state index is 0.318. The number of benzene rings is 2. The first-order valence-corrected chi connectivity index (χ1v) is 7.41. The van der Waals surface area contributed by atoms with Crippen LogP contribution in [0, 0.1) is 5.92 Å². The number of para-hydroxylation sites is 1. The van der Waals surface area contributed by atoms with Crippen molar-refractivity contribution in [1.82, 2.24) is 4.98 Å². The van der Waals surface area contributed by atoms with Crippen molar-refractivity contribution in [3.05, 3.63) is 78.0 Å². The number of pyridine rings is 1. The van der Waals surface area contributed by atoms with Gasteiger partial charge in [0.25, 0.3) is 0 Å². The number of fused-ring (bicyclic) bond motifs is 1. The quantitative estimate of drug-likeness (QED) is 0.781. The van der Waals surface area contributed by atoms with E-state index in [1.54, 1.807) is 6.20 Å². The fourth-order valence-corrected chi connectivity index (χ4v) is 3.25. The van der Waals surface area contributed by atoms with Gasteiger partial charge in [0.1, 0.15) is 0 Å². The minimum atomic E-state index is -0.414. The van der Waals surface area contributed by atoms with Gasteiger partial charge in [-0.2, -0.15) is 0 Å². The van der Waals surface area contributed by atoms with Gasteiger partial charge in [-0.05, 0) is 41.5 Å². The summed E-state index contributed by atoms with van der Waals surface area (Å²) in [5.41, 5.74) is 3.29. The van der Waals surface area contributed by atoms with Crippen LogP contribution in [0.25, 0.3) is 10.9 Å². The SMILES string of the molecule is OC(c1ccnc2ccccc12)C1CC1c1ccccc1. The van der Waals surface area contributed by atoms with E-state index in [0.717, 1.165) is 22.9 Å². The Labute approximate surface area is 124 Å². The molecular weight excluding hydrogens is 258 g/mol. The number of aliphatic hydroxyl groups excluding tert-OH is 1. The highest BCUT2D eigenvalue weighted by atomic mass is 16.3. The second-order valence-corrected chi connectivity index (χ2v) is 5.78. The minimum Gasteiger partial charge on any atom is -0.388 e. The van der Waals surface area contributed by atoms with Crippen LogP contribution < -0.4 is 0 Å². The average Bonchev–Trinajstić information content (AvgIpc) is 3.35. The van der Waals surface area contributed by atoms with E-state index in [4.69, 9.17) is 0 Å². The summed E-state index contributed by atoms with van der Waals surface area (Å²) in [6, 6.07) is 20.5. The molecule has 1 heterocycles. The zero-order chi connectivity index (χ0) is 14.2. The highest BCUT2D eigenvalue weighted by Crippen LogP contribution is 2.54. The highest BCUT2D eigenvalue weighted by Gasteiger charge is 2.44. The van der Waals surface area contributed by atoms with E-state index < -0.39 is 6.10 Å². The van der Waals surface area contributed by atoms with Crippen LogP contribution in [0.2, 0.25) is 0 Å². The lowest BCUT2D eigenvalue weighted by atomic mass is 9.98. The van der Waals surface area contributed by atoms with Gasteiger partial charge in [0.2, 0.25) is 0 Å². The maximum atomic E-state index is 10.8. The van der Waals surface area contributed by atoms with Crippen LogP contribution in [-0.4, -0.2) is 10.1 Å². The third-order valence-corrected chi connectivity index (χ3v) is 4.47. The van der Waals surface area contributed by atoms with Gasteiger partial charge in [0.05, 0.1) is 11.6 Å². The van der Waals surface area contributed by atoms with Crippen LogP contribution >= 0.6 is 0 Å². The van der Waals surface area contributed by atoms with E-state index >= 15 is 0 Å². The van der Waals surface area contributed by atoms with Gasteiger partial charge < -0.3 is 5.11 Å². The lowest BCUT2D eigenvalue weighted by molar-refractivity contribution is 0.152. The van der Waals surface area contributed by atoms with Crippen LogP contribution in [0.5, 0.6) is 0 Å². The zero-order valence-electron chi connectivity index (χ0n) is 11.7. The Morgan fingerprint density at radius 1 is 0.952 bits per heavy atom. The van der Waals surface area contributed by atoms with E-state index in [2.05, 4.69) is 29.2 Å². The summed E-state index contributed by atoms with van der Waals surface area (Å²) >= 11 is 0. The van der Waals surface area contributed by atoms with E-state index in [1.807, 2.05) is 36.4 Å². The zero-order valence-corrected chi connectivity index (χ0v) is 11.7. The van der Waals surface area contributed by atoms with Crippen molar-refractivity contribution in [1.29, 1.82) is 0 Å². The molecule has 0 bridgehead atoms. The van der Waals surface area contributed by atoms with Gasteiger partial charge in [-0.3, -0.25) is 4.98 Å². The number of aliphatic hydroxyl groups is 1. The Balaban J connectivity index is 1.65. The molecule has 1 saturated carbocycles. The molecule has 1 N–H and O–H groups in total. The molecule has 1 aromatic heterocycles. The Bertz CT molecular complexity index is 763. The summed E-state index contributed by atoms with van der Waals surface area (Å²) in [6.45, 7) is 0. The normalized spacial score (nSPS) is 22.1. The molecule has 104 valence electrons. The molecule has 1 aliphatic rings. The molecule has 21 heavy (non-hydrogen) atoms. The molecular formula is C19H17NO. The van der Waals surface area contributed by atoms with E-state index in [1.165, 1.54) is 5.56 Å². The smallest absolute Gasteiger partial charge is 0.0831 e. The number of nitrogens with zero attached hydrogens (tertiary/aromatic N) is 1. The fourth-order valence-electron chi connectivity index (χ4n) is 3.25. The van der Waals surface area contributed by atoms with Crippen molar-refractivity contribution in [3.63, 3.8) is 0 Å². The molecule has 2 nitrogen and oxygen atoms in total. The van der Waals surface area contributed by atoms with Crippen LogP contribution in [0.15, 0.2) is 66.9 Å². The third kappa shape index (κ3) is 2.22. The summed E-state index contributed by atoms with van der Waals surface area (Å²) in [5, 5.41) is 11.8. The first-order chi connectivity index (χ1) is 10.3. The first kappa shape index (κ1) is 12.5. The summed E-state index contributed by atoms with van der Waals surface area (Å²) < 4.78 is 0. The van der Waals surface area contributed by atoms with E-state index in [-0.39, 0.29) is 0 Å². The maximum absolute atomic E-state index is 10.8. The molecule has 2 aromatic carbocycles. The van der Waals surface area contributed by atoms with Crippen molar-refractivity contribution in [2.75, 3.05) is 0 Å². The molecule has 0 amide bonds. The van der Waals surface area contributed by atoms with E-state index in [9.17, 15) is 5.11 Å². The molecule has 0 spiro atoms.